The van der Waals surface area contributed by atoms with Crippen molar-refractivity contribution in [1.82, 2.24) is 4.90 Å². The van der Waals surface area contributed by atoms with E-state index in [1.54, 1.807) is 0 Å². The van der Waals surface area contributed by atoms with Crippen LogP contribution >= 0.6 is 0 Å². The van der Waals surface area contributed by atoms with Crippen LogP contribution < -0.4 is 5.32 Å². The van der Waals surface area contributed by atoms with Crippen molar-refractivity contribution in [3.63, 3.8) is 0 Å². The minimum absolute atomic E-state index is 0.0214. The number of anilines is 1. The van der Waals surface area contributed by atoms with Gasteiger partial charge in [-0.3, -0.25) is 9.69 Å². The zero-order valence-electron chi connectivity index (χ0n) is 11.9. The monoisotopic (exact) mass is 262 g/mol. The van der Waals surface area contributed by atoms with Crippen molar-refractivity contribution in [2.45, 2.75) is 32.8 Å². The van der Waals surface area contributed by atoms with E-state index in [1.807, 2.05) is 43.9 Å². The second-order valence-electron chi connectivity index (χ2n) is 5.52. The van der Waals surface area contributed by atoms with Gasteiger partial charge in [0.15, 0.2) is 0 Å². The van der Waals surface area contributed by atoms with Crippen molar-refractivity contribution in [2.75, 3.05) is 25.0 Å². The van der Waals surface area contributed by atoms with Crippen molar-refractivity contribution in [2.24, 2.45) is 0 Å². The van der Waals surface area contributed by atoms with Gasteiger partial charge in [-0.2, -0.15) is 0 Å². The first-order chi connectivity index (χ1) is 8.93. The minimum Gasteiger partial charge on any atom is -0.387 e. The maximum absolute atomic E-state index is 11.9. The first-order valence-electron chi connectivity index (χ1n) is 6.74. The van der Waals surface area contributed by atoms with Crippen LogP contribution in [0.2, 0.25) is 0 Å². The molecule has 0 atom stereocenters. The van der Waals surface area contributed by atoms with E-state index in [1.165, 1.54) is 5.56 Å². The smallest absolute Gasteiger partial charge is 0.238 e. The van der Waals surface area contributed by atoms with Gasteiger partial charge in [-0.15, -0.1) is 0 Å². The third-order valence-corrected chi connectivity index (χ3v) is 3.94. The number of likely N-dealkylation sites (tertiary alicyclic amines) is 1. The number of carbonyl (C=O) groups excluding carboxylic acids is 1. The van der Waals surface area contributed by atoms with Gasteiger partial charge >= 0.3 is 0 Å². The Kier molecular flexibility index (Phi) is 3.92. The lowest BCUT2D eigenvalue weighted by atomic mass is 9.91. The van der Waals surface area contributed by atoms with Crippen LogP contribution in [0.4, 0.5) is 5.69 Å². The number of hydrogen-bond donors (Lipinski definition) is 2. The number of benzene rings is 1. The highest BCUT2D eigenvalue weighted by molar-refractivity contribution is 5.93. The number of nitrogens with one attached hydrogen (secondary N) is 1. The standard InChI is InChI=1S/C15H22N2O2/c1-4-15(19)9-17(10-15)8-14(18)16-13-7-5-6-11(2)12(13)3/h5-7,19H,4,8-10H2,1-3H3,(H,16,18). The molecule has 0 bridgehead atoms. The highest BCUT2D eigenvalue weighted by Gasteiger charge is 2.39. The lowest BCUT2D eigenvalue weighted by Gasteiger charge is -2.45. The molecular weight excluding hydrogens is 240 g/mol. The summed E-state index contributed by atoms with van der Waals surface area (Å²) in [5.74, 6) is -0.0214. The highest BCUT2D eigenvalue weighted by atomic mass is 16.3. The third-order valence-electron chi connectivity index (χ3n) is 3.94. The number of β-amino-alcohol motifs (C(OH)–C–C–N with tert-alkyl or cyclic N) is 1. The van der Waals surface area contributed by atoms with E-state index in [0.717, 1.165) is 17.7 Å². The number of carbonyl (C=O) groups is 1. The SMILES string of the molecule is CCC1(O)CN(CC(=O)Nc2cccc(C)c2C)C1. The number of nitrogens with zero attached hydrogens (tertiary/aromatic N) is 1. The summed E-state index contributed by atoms with van der Waals surface area (Å²) in [6.07, 6.45) is 0.738. The molecule has 1 amide bonds. The second kappa shape index (κ2) is 5.31. The molecule has 2 N–H and O–H groups in total. The average Bonchev–Trinajstić information content (AvgIpc) is 2.33. The predicted molar refractivity (Wildman–Crippen MR) is 76.2 cm³/mol. The van der Waals surface area contributed by atoms with Crippen molar-refractivity contribution >= 4 is 11.6 Å². The number of amides is 1. The normalized spacial score (nSPS) is 17.9. The Morgan fingerprint density at radius 2 is 2.11 bits per heavy atom. The lowest BCUT2D eigenvalue weighted by molar-refractivity contribution is -0.128. The number of aryl methyl sites for hydroxylation is 1. The molecule has 0 saturated carbocycles. The largest absolute Gasteiger partial charge is 0.387 e. The Labute approximate surface area is 114 Å². The molecule has 1 aromatic carbocycles. The molecule has 19 heavy (non-hydrogen) atoms. The van der Waals surface area contributed by atoms with Crippen molar-refractivity contribution in [3.8, 4) is 0 Å². The Hall–Kier alpha value is -1.39. The van der Waals surface area contributed by atoms with Crippen LogP contribution in [0.5, 0.6) is 0 Å². The van der Waals surface area contributed by atoms with Crippen molar-refractivity contribution < 1.29 is 9.90 Å². The van der Waals surface area contributed by atoms with Gasteiger partial charge < -0.3 is 10.4 Å². The Morgan fingerprint density at radius 1 is 1.42 bits per heavy atom. The molecule has 2 rings (SSSR count). The minimum atomic E-state index is -0.584. The summed E-state index contributed by atoms with van der Waals surface area (Å²) < 4.78 is 0. The van der Waals surface area contributed by atoms with E-state index in [-0.39, 0.29) is 5.91 Å². The van der Waals surface area contributed by atoms with Gasteiger partial charge in [-0.1, -0.05) is 19.1 Å². The van der Waals surface area contributed by atoms with Crippen LogP contribution in [-0.2, 0) is 4.79 Å². The van der Waals surface area contributed by atoms with Crippen LogP contribution in [0.15, 0.2) is 18.2 Å². The Balaban J connectivity index is 1.87. The quantitative estimate of drug-likeness (QED) is 0.868. The summed E-state index contributed by atoms with van der Waals surface area (Å²) >= 11 is 0. The van der Waals surface area contributed by atoms with Gasteiger partial charge in [-0.05, 0) is 37.5 Å². The van der Waals surface area contributed by atoms with E-state index in [0.29, 0.717) is 19.6 Å². The molecule has 0 unspecified atom stereocenters. The molecular formula is C15H22N2O2. The van der Waals surface area contributed by atoms with E-state index in [4.69, 9.17) is 0 Å². The maximum atomic E-state index is 11.9. The second-order valence-corrected chi connectivity index (χ2v) is 5.52. The van der Waals surface area contributed by atoms with Gasteiger partial charge in [0, 0.05) is 18.8 Å². The molecule has 0 radical (unpaired) electrons. The van der Waals surface area contributed by atoms with Crippen LogP contribution in [0, 0.1) is 13.8 Å². The zero-order chi connectivity index (χ0) is 14.0. The van der Waals surface area contributed by atoms with Crippen LogP contribution in [0.1, 0.15) is 24.5 Å². The van der Waals surface area contributed by atoms with Gasteiger partial charge in [0.25, 0.3) is 0 Å². The van der Waals surface area contributed by atoms with E-state index >= 15 is 0 Å². The van der Waals surface area contributed by atoms with Gasteiger partial charge in [0.1, 0.15) is 0 Å². The van der Waals surface area contributed by atoms with Crippen molar-refractivity contribution in [3.05, 3.63) is 29.3 Å². The molecule has 1 aliphatic heterocycles. The summed E-state index contributed by atoms with van der Waals surface area (Å²) in [5, 5.41) is 12.8. The van der Waals surface area contributed by atoms with Gasteiger partial charge in [0.2, 0.25) is 5.91 Å². The van der Waals surface area contributed by atoms with Gasteiger partial charge in [0.05, 0.1) is 12.1 Å². The van der Waals surface area contributed by atoms with Crippen molar-refractivity contribution in [1.29, 1.82) is 0 Å². The molecule has 0 aliphatic carbocycles. The fourth-order valence-electron chi connectivity index (χ4n) is 2.40. The summed E-state index contributed by atoms with van der Waals surface area (Å²) in [6, 6.07) is 5.89. The van der Waals surface area contributed by atoms with Crippen LogP contribution in [0.3, 0.4) is 0 Å². The molecule has 1 saturated heterocycles. The van der Waals surface area contributed by atoms with Crippen LogP contribution in [-0.4, -0.2) is 41.1 Å². The average molecular weight is 262 g/mol. The summed E-state index contributed by atoms with van der Waals surface area (Å²) in [6.45, 7) is 7.52. The molecule has 1 heterocycles. The predicted octanol–water partition coefficient (Wildman–Crippen LogP) is 1.70. The van der Waals surface area contributed by atoms with Gasteiger partial charge in [-0.25, -0.2) is 0 Å². The number of hydrogen-bond acceptors (Lipinski definition) is 3. The molecule has 4 heteroatoms. The third kappa shape index (κ3) is 3.14. The maximum Gasteiger partial charge on any atom is 0.238 e. The van der Waals surface area contributed by atoms with Crippen LogP contribution in [0.25, 0.3) is 0 Å². The summed E-state index contributed by atoms with van der Waals surface area (Å²) in [7, 11) is 0. The highest BCUT2D eigenvalue weighted by Crippen LogP contribution is 2.24. The Morgan fingerprint density at radius 3 is 2.74 bits per heavy atom. The fourth-order valence-corrected chi connectivity index (χ4v) is 2.40. The molecule has 1 fully saturated rings. The topological polar surface area (TPSA) is 52.6 Å². The molecule has 4 nitrogen and oxygen atoms in total. The fraction of sp³-hybridized carbons (Fsp3) is 0.533. The molecule has 0 spiro atoms. The summed E-state index contributed by atoms with van der Waals surface area (Å²) in [5.41, 5.74) is 2.56. The van der Waals surface area contributed by atoms with E-state index in [2.05, 4.69) is 5.32 Å². The van der Waals surface area contributed by atoms with E-state index in [9.17, 15) is 9.90 Å². The molecule has 104 valence electrons. The molecule has 1 aromatic rings. The lowest BCUT2D eigenvalue weighted by Crippen LogP contribution is -2.62. The first kappa shape index (κ1) is 14.0. The molecule has 0 aromatic heterocycles. The first-order valence-corrected chi connectivity index (χ1v) is 6.74. The zero-order valence-corrected chi connectivity index (χ0v) is 11.9. The molecule has 1 aliphatic rings. The summed E-state index contributed by atoms with van der Waals surface area (Å²) in [4.78, 5) is 13.9. The number of aliphatic hydroxyl groups is 1. The Bertz CT molecular complexity index is 479. The van der Waals surface area contributed by atoms with E-state index < -0.39 is 5.60 Å². The number of rotatable bonds is 4.